The number of carbonyl (C=O) groups is 3. The van der Waals surface area contributed by atoms with Gasteiger partial charge < -0.3 is 19.6 Å². The molecule has 0 radical (unpaired) electrons. The SMILES string of the molecule is CN(C)CC1CC2(CCN(C(=O)c3scc4c3CCCC4)CC2)C(=O)O1.O=CO. The number of aryl methyl sites for hydroxylation is 1. The Labute approximate surface area is 175 Å². The number of carboxylic acid groups (broad SMARTS) is 1. The van der Waals surface area contributed by atoms with E-state index in [0.717, 1.165) is 43.5 Å². The van der Waals surface area contributed by atoms with E-state index in [0.29, 0.717) is 13.1 Å². The van der Waals surface area contributed by atoms with Gasteiger partial charge in [0.1, 0.15) is 6.10 Å². The van der Waals surface area contributed by atoms with Crippen LogP contribution < -0.4 is 0 Å². The standard InChI is InChI=1S/C20H28N2O3S.CH2O2/c1-21(2)12-15-11-20(19(24)25-15)7-9-22(10-8-20)18(23)17-16-6-4-3-5-14(16)13-26-17;2-1-3/h13,15H,3-12H2,1-2H3;1H,(H,2,3). The number of amides is 1. The number of likely N-dealkylation sites (tertiary alicyclic amines) is 1. The van der Waals surface area contributed by atoms with Crippen molar-refractivity contribution >= 4 is 29.7 Å². The van der Waals surface area contributed by atoms with E-state index in [1.54, 1.807) is 11.3 Å². The van der Waals surface area contributed by atoms with E-state index in [4.69, 9.17) is 14.6 Å². The minimum atomic E-state index is -0.369. The van der Waals surface area contributed by atoms with E-state index in [1.807, 2.05) is 19.0 Å². The van der Waals surface area contributed by atoms with Gasteiger partial charge >= 0.3 is 5.97 Å². The summed E-state index contributed by atoms with van der Waals surface area (Å²) >= 11 is 1.61. The van der Waals surface area contributed by atoms with Crippen LogP contribution in [0.2, 0.25) is 0 Å². The molecule has 0 aromatic carbocycles. The lowest BCUT2D eigenvalue weighted by atomic mass is 9.76. The largest absolute Gasteiger partial charge is 0.483 e. The minimum Gasteiger partial charge on any atom is -0.483 e. The van der Waals surface area contributed by atoms with Crippen molar-refractivity contribution in [2.45, 2.75) is 51.0 Å². The van der Waals surface area contributed by atoms with E-state index in [-0.39, 0.29) is 29.9 Å². The van der Waals surface area contributed by atoms with E-state index in [9.17, 15) is 9.59 Å². The topological polar surface area (TPSA) is 87.2 Å². The zero-order chi connectivity index (χ0) is 21.0. The van der Waals surface area contributed by atoms with Crippen LogP contribution >= 0.6 is 11.3 Å². The summed E-state index contributed by atoms with van der Waals surface area (Å²) in [6, 6.07) is 0. The van der Waals surface area contributed by atoms with Gasteiger partial charge in [-0.1, -0.05) is 0 Å². The van der Waals surface area contributed by atoms with E-state index in [1.165, 1.54) is 24.0 Å². The van der Waals surface area contributed by atoms with Gasteiger partial charge in [0.15, 0.2) is 0 Å². The third-order valence-corrected chi connectivity index (χ3v) is 7.26. The average Bonchev–Trinajstić information content (AvgIpc) is 3.23. The first-order valence-electron chi connectivity index (χ1n) is 10.2. The van der Waals surface area contributed by atoms with Crippen LogP contribution in [0, 0.1) is 5.41 Å². The highest BCUT2D eigenvalue weighted by atomic mass is 32.1. The molecule has 1 aromatic heterocycles. The maximum atomic E-state index is 13.0. The predicted molar refractivity (Wildman–Crippen MR) is 110 cm³/mol. The Morgan fingerprint density at radius 2 is 2.00 bits per heavy atom. The summed E-state index contributed by atoms with van der Waals surface area (Å²) in [5.74, 6) is 0.120. The summed E-state index contributed by atoms with van der Waals surface area (Å²) in [5, 5.41) is 9.06. The maximum absolute atomic E-state index is 13.0. The molecule has 1 atom stereocenters. The molecule has 7 nitrogen and oxygen atoms in total. The molecule has 1 unspecified atom stereocenters. The van der Waals surface area contributed by atoms with Crippen LogP contribution in [-0.4, -0.2) is 73.1 Å². The second-order valence-corrected chi connectivity index (χ2v) is 9.33. The first-order valence-corrected chi connectivity index (χ1v) is 11.1. The number of thiophene rings is 1. The molecule has 160 valence electrons. The maximum Gasteiger partial charge on any atom is 0.312 e. The second kappa shape index (κ2) is 9.26. The molecule has 0 saturated carbocycles. The highest BCUT2D eigenvalue weighted by Gasteiger charge is 2.51. The first kappa shape index (κ1) is 21.8. The zero-order valence-corrected chi connectivity index (χ0v) is 18.0. The number of esters is 1. The lowest BCUT2D eigenvalue weighted by Gasteiger charge is -2.36. The first-order chi connectivity index (χ1) is 13.9. The third kappa shape index (κ3) is 4.64. The number of likely N-dealkylation sites (N-methyl/N-ethyl adjacent to an activating group) is 1. The quantitative estimate of drug-likeness (QED) is 0.595. The molecular formula is C21H30N2O5S. The Balaban J connectivity index is 0.000000755. The molecular weight excluding hydrogens is 392 g/mol. The van der Waals surface area contributed by atoms with Crippen LogP contribution in [0.5, 0.6) is 0 Å². The van der Waals surface area contributed by atoms with Gasteiger partial charge in [-0.25, -0.2) is 0 Å². The Bertz CT molecular complexity index is 752. The van der Waals surface area contributed by atoms with Crippen molar-refractivity contribution in [1.29, 1.82) is 0 Å². The molecule has 3 heterocycles. The molecule has 1 aliphatic carbocycles. The summed E-state index contributed by atoms with van der Waals surface area (Å²) < 4.78 is 5.63. The number of rotatable bonds is 3. The molecule has 2 saturated heterocycles. The minimum absolute atomic E-state index is 0.0101. The number of piperidine rings is 1. The Hall–Kier alpha value is -1.93. The third-order valence-electron chi connectivity index (χ3n) is 6.20. The second-order valence-electron chi connectivity index (χ2n) is 8.45. The van der Waals surface area contributed by atoms with Crippen LogP contribution in [0.1, 0.15) is 52.9 Å². The van der Waals surface area contributed by atoms with Gasteiger partial charge in [0, 0.05) is 26.1 Å². The number of hydrogen-bond acceptors (Lipinski definition) is 6. The normalized spacial score (nSPS) is 22.7. The fraction of sp³-hybridized carbons (Fsp3) is 0.667. The van der Waals surface area contributed by atoms with Gasteiger partial charge in [0.05, 0.1) is 10.3 Å². The van der Waals surface area contributed by atoms with Gasteiger partial charge in [-0.05, 0) is 69.1 Å². The van der Waals surface area contributed by atoms with Gasteiger partial charge in [-0.15, -0.1) is 11.3 Å². The number of hydrogen-bond donors (Lipinski definition) is 1. The van der Waals surface area contributed by atoms with Crippen molar-refractivity contribution in [3.05, 3.63) is 21.4 Å². The zero-order valence-electron chi connectivity index (χ0n) is 17.2. The molecule has 2 aliphatic heterocycles. The van der Waals surface area contributed by atoms with Crippen molar-refractivity contribution in [2.75, 3.05) is 33.7 Å². The summed E-state index contributed by atoms with van der Waals surface area (Å²) in [7, 11) is 4.00. The lowest BCUT2D eigenvalue weighted by Crippen LogP contribution is -2.45. The van der Waals surface area contributed by atoms with Crippen LogP contribution in [0.4, 0.5) is 0 Å². The highest BCUT2D eigenvalue weighted by molar-refractivity contribution is 7.12. The molecule has 1 N–H and O–H groups in total. The van der Waals surface area contributed by atoms with Gasteiger partial charge in [-0.3, -0.25) is 14.4 Å². The van der Waals surface area contributed by atoms with Crippen molar-refractivity contribution in [3.8, 4) is 0 Å². The number of nitrogens with zero attached hydrogens (tertiary/aromatic N) is 2. The van der Waals surface area contributed by atoms with Crippen LogP contribution in [0.25, 0.3) is 0 Å². The number of ether oxygens (including phenoxy) is 1. The van der Waals surface area contributed by atoms with Crippen LogP contribution in [-0.2, 0) is 27.2 Å². The van der Waals surface area contributed by atoms with Crippen molar-refractivity contribution in [2.24, 2.45) is 5.41 Å². The van der Waals surface area contributed by atoms with Gasteiger partial charge in [0.25, 0.3) is 12.4 Å². The van der Waals surface area contributed by atoms with Gasteiger partial charge in [0.2, 0.25) is 0 Å². The fourth-order valence-electron chi connectivity index (χ4n) is 4.73. The van der Waals surface area contributed by atoms with Gasteiger partial charge in [-0.2, -0.15) is 0 Å². The Morgan fingerprint density at radius 1 is 1.34 bits per heavy atom. The van der Waals surface area contributed by atoms with E-state index < -0.39 is 0 Å². The smallest absolute Gasteiger partial charge is 0.312 e. The molecule has 1 aromatic rings. The monoisotopic (exact) mass is 422 g/mol. The number of fused-ring (bicyclic) bond motifs is 1. The summed E-state index contributed by atoms with van der Waals surface area (Å²) in [4.78, 5) is 38.9. The number of carbonyl (C=O) groups excluding carboxylic acids is 2. The van der Waals surface area contributed by atoms with Crippen molar-refractivity contribution < 1.29 is 24.2 Å². The highest BCUT2D eigenvalue weighted by Crippen LogP contribution is 2.43. The molecule has 1 amide bonds. The van der Waals surface area contributed by atoms with E-state index in [2.05, 4.69) is 10.3 Å². The molecule has 0 bridgehead atoms. The molecule has 1 spiro atoms. The van der Waals surface area contributed by atoms with E-state index >= 15 is 0 Å². The Kier molecular flexibility index (Phi) is 6.95. The lowest BCUT2D eigenvalue weighted by molar-refractivity contribution is -0.150. The van der Waals surface area contributed by atoms with Crippen molar-refractivity contribution in [3.63, 3.8) is 0 Å². The predicted octanol–water partition coefficient (Wildman–Crippen LogP) is 2.43. The Morgan fingerprint density at radius 3 is 2.66 bits per heavy atom. The molecule has 4 rings (SSSR count). The molecule has 2 fully saturated rings. The summed E-state index contributed by atoms with van der Waals surface area (Å²) in [5.41, 5.74) is 2.30. The van der Waals surface area contributed by atoms with Crippen LogP contribution in [0.15, 0.2) is 5.38 Å². The summed E-state index contributed by atoms with van der Waals surface area (Å²) in [6.07, 6.45) is 6.82. The fourth-order valence-corrected chi connectivity index (χ4v) is 5.86. The number of cyclic esters (lactones) is 1. The van der Waals surface area contributed by atoms with Crippen LogP contribution in [0.3, 0.4) is 0 Å². The summed E-state index contributed by atoms with van der Waals surface area (Å²) in [6.45, 7) is 1.85. The van der Waals surface area contributed by atoms with Crippen molar-refractivity contribution in [1.82, 2.24) is 9.80 Å². The average molecular weight is 423 g/mol. The molecule has 3 aliphatic rings. The molecule has 29 heavy (non-hydrogen) atoms. The molecule has 8 heteroatoms.